The quantitative estimate of drug-likeness (QED) is 0.837. The molecule has 2 unspecified atom stereocenters. The molecule has 0 aromatic heterocycles. The van der Waals surface area contributed by atoms with Crippen LogP contribution >= 0.6 is 0 Å². The van der Waals surface area contributed by atoms with Crippen LogP contribution < -0.4 is 15.4 Å². The van der Waals surface area contributed by atoms with Gasteiger partial charge in [-0.3, -0.25) is 4.79 Å². The van der Waals surface area contributed by atoms with Gasteiger partial charge < -0.3 is 15.4 Å². The van der Waals surface area contributed by atoms with Crippen LogP contribution in [-0.2, 0) is 11.2 Å². The maximum atomic E-state index is 11.9. The first-order valence-corrected chi connectivity index (χ1v) is 7.40. The SMILES string of the molecule is CCCNC(=O)C(C)Oc1cccc2c1CCC2NC. The number of nitrogens with one attached hydrogen (secondary N) is 2. The lowest BCUT2D eigenvalue weighted by molar-refractivity contribution is -0.127. The molecule has 0 aliphatic heterocycles. The third-order valence-corrected chi connectivity index (χ3v) is 3.80. The third-order valence-electron chi connectivity index (χ3n) is 3.80. The monoisotopic (exact) mass is 276 g/mol. The zero-order chi connectivity index (χ0) is 14.5. The maximum absolute atomic E-state index is 11.9. The lowest BCUT2D eigenvalue weighted by atomic mass is 10.1. The van der Waals surface area contributed by atoms with Crippen LogP contribution in [0.2, 0.25) is 0 Å². The average molecular weight is 276 g/mol. The zero-order valence-electron chi connectivity index (χ0n) is 12.5. The van der Waals surface area contributed by atoms with E-state index < -0.39 is 6.10 Å². The van der Waals surface area contributed by atoms with Gasteiger partial charge >= 0.3 is 0 Å². The first-order valence-electron chi connectivity index (χ1n) is 7.40. The van der Waals surface area contributed by atoms with Gasteiger partial charge in [0.2, 0.25) is 0 Å². The van der Waals surface area contributed by atoms with Crippen molar-refractivity contribution in [1.82, 2.24) is 10.6 Å². The highest BCUT2D eigenvalue weighted by molar-refractivity contribution is 5.80. The number of carbonyl (C=O) groups is 1. The molecule has 0 radical (unpaired) electrons. The van der Waals surface area contributed by atoms with Crippen molar-refractivity contribution >= 4 is 5.91 Å². The Bertz CT molecular complexity index is 474. The van der Waals surface area contributed by atoms with Crippen LogP contribution in [0.15, 0.2) is 18.2 Å². The molecule has 1 aliphatic rings. The molecular weight excluding hydrogens is 252 g/mol. The van der Waals surface area contributed by atoms with Crippen LogP contribution in [-0.4, -0.2) is 25.6 Å². The highest BCUT2D eigenvalue weighted by atomic mass is 16.5. The molecule has 4 nitrogen and oxygen atoms in total. The molecule has 2 N–H and O–H groups in total. The summed E-state index contributed by atoms with van der Waals surface area (Å²) in [6.07, 6.45) is 2.56. The summed E-state index contributed by atoms with van der Waals surface area (Å²) in [4.78, 5) is 11.9. The molecule has 110 valence electrons. The van der Waals surface area contributed by atoms with Gasteiger partial charge in [-0.05, 0) is 50.4 Å². The first kappa shape index (κ1) is 14.9. The van der Waals surface area contributed by atoms with E-state index in [2.05, 4.69) is 16.7 Å². The molecule has 1 aromatic carbocycles. The predicted molar refractivity (Wildman–Crippen MR) is 80.0 cm³/mol. The van der Waals surface area contributed by atoms with E-state index in [-0.39, 0.29) is 5.91 Å². The lowest BCUT2D eigenvalue weighted by Gasteiger charge is -2.17. The topological polar surface area (TPSA) is 50.4 Å². The number of benzene rings is 1. The Hall–Kier alpha value is -1.55. The van der Waals surface area contributed by atoms with E-state index in [0.29, 0.717) is 12.6 Å². The number of rotatable bonds is 6. The van der Waals surface area contributed by atoms with Crippen molar-refractivity contribution < 1.29 is 9.53 Å². The number of hydrogen-bond donors (Lipinski definition) is 2. The van der Waals surface area contributed by atoms with Crippen LogP contribution in [0.1, 0.15) is 43.9 Å². The minimum atomic E-state index is -0.457. The van der Waals surface area contributed by atoms with Gasteiger partial charge in [-0.1, -0.05) is 19.1 Å². The van der Waals surface area contributed by atoms with Crippen LogP contribution in [0.4, 0.5) is 0 Å². The summed E-state index contributed by atoms with van der Waals surface area (Å²) in [6.45, 7) is 4.53. The summed E-state index contributed by atoms with van der Waals surface area (Å²) >= 11 is 0. The second kappa shape index (κ2) is 6.75. The number of amides is 1. The number of ether oxygens (including phenoxy) is 1. The van der Waals surface area contributed by atoms with Gasteiger partial charge in [-0.25, -0.2) is 0 Å². The summed E-state index contributed by atoms with van der Waals surface area (Å²) in [6, 6.07) is 6.50. The van der Waals surface area contributed by atoms with Crippen molar-refractivity contribution in [2.24, 2.45) is 0 Å². The molecule has 1 aromatic rings. The van der Waals surface area contributed by atoms with E-state index in [0.717, 1.165) is 25.0 Å². The normalized spacial score (nSPS) is 18.4. The van der Waals surface area contributed by atoms with Crippen LogP contribution in [0, 0.1) is 0 Å². The van der Waals surface area contributed by atoms with Gasteiger partial charge in [0.1, 0.15) is 5.75 Å². The Morgan fingerprint density at radius 2 is 2.30 bits per heavy atom. The Labute approximate surface area is 120 Å². The van der Waals surface area contributed by atoms with Crippen molar-refractivity contribution in [2.75, 3.05) is 13.6 Å². The summed E-state index contributed by atoms with van der Waals surface area (Å²) in [7, 11) is 1.98. The fourth-order valence-corrected chi connectivity index (χ4v) is 2.67. The van der Waals surface area contributed by atoms with Gasteiger partial charge in [0.15, 0.2) is 6.10 Å². The molecule has 0 spiro atoms. The van der Waals surface area contributed by atoms with E-state index in [1.165, 1.54) is 11.1 Å². The van der Waals surface area contributed by atoms with E-state index in [4.69, 9.17) is 4.74 Å². The second-order valence-corrected chi connectivity index (χ2v) is 5.25. The molecule has 2 rings (SSSR count). The Kier molecular flexibility index (Phi) is 5.01. The zero-order valence-corrected chi connectivity index (χ0v) is 12.5. The smallest absolute Gasteiger partial charge is 0.260 e. The summed E-state index contributed by atoms with van der Waals surface area (Å²) in [5, 5.41) is 6.18. The standard InChI is InChI=1S/C16H24N2O2/c1-4-10-18-16(19)11(2)20-15-7-5-6-12-13(15)8-9-14(12)17-3/h5-7,11,14,17H,4,8-10H2,1-3H3,(H,18,19). The molecule has 0 fully saturated rings. The van der Waals surface area contributed by atoms with Crippen molar-refractivity contribution in [3.05, 3.63) is 29.3 Å². The van der Waals surface area contributed by atoms with Crippen LogP contribution in [0.25, 0.3) is 0 Å². The van der Waals surface area contributed by atoms with Crippen molar-refractivity contribution in [1.29, 1.82) is 0 Å². The highest BCUT2D eigenvalue weighted by Crippen LogP contribution is 2.36. The van der Waals surface area contributed by atoms with Crippen molar-refractivity contribution in [2.45, 2.75) is 45.3 Å². The Balaban J connectivity index is 2.07. The molecular formula is C16H24N2O2. The third kappa shape index (κ3) is 3.12. The molecule has 4 heteroatoms. The van der Waals surface area contributed by atoms with E-state index in [9.17, 15) is 4.79 Å². The number of carbonyl (C=O) groups excluding carboxylic acids is 1. The number of fused-ring (bicyclic) bond motifs is 1. The minimum Gasteiger partial charge on any atom is -0.481 e. The van der Waals surface area contributed by atoms with E-state index in [1.807, 2.05) is 26.1 Å². The molecule has 1 aliphatic carbocycles. The maximum Gasteiger partial charge on any atom is 0.260 e. The van der Waals surface area contributed by atoms with E-state index in [1.54, 1.807) is 6.92 Å². The minimum absolute atomic E-state index is 0.0485. The van der Waals surface area contributed by atoms with Gasteiger partial charge in [0.25, 0.3) is 5.91 Å². The van der Waals surface area contributed by atoms with Gasteiger partial charge in [0, 0.05) is 12.6 Å². The largest absolute Gasteiger partial charge is 0.481 e. The number of hydrogen-bond acceptors (Lipinski definition) is 3. The van der Waals surface area contributed by atoms with E-state index >= 15 is 0 Å². The van der Waals surface area contributed by atoms with Gasteiger partial charge in [-0.2, -0.15) is 0 Å². The fraction of sp³-hybridized carbons (Fsp3) is 0.562. The Morgan fingerprint density at radius 3 is 3.00 bits per heavy atom. The highest BCUT2D eigenvalue weighted by Gasteiger charge is 2.25. The average Bonchev–Trinajstić information content (AvgIpc) is 2.88. The van der Waals surface area contributed by atoms with Crippen molar-refractivity contribution in [3.63, 3.8) is 0 Å². The van der Waals surface area contributed by atoms with Crippen molar-refractivity contribution in [3.8, 4) is 5.75 Å². The first-order chi connectivity index (χ1) is 9.67. The molecule has 0 saturated carbocycles. The lowest BCUT2D eigenvalue weighted by Crippen LogP contribution is -2.36. The summed E-state index contributed by atoms with van der Waals surface area (Å²) in [5.41, 5.74) is 2.54. The molecule has 0 heterocycles. The van der Waals surface area contributed by atoms with Gasteiger partial charge in [-0.15, -0.1) is 0 Å². The Morgan fingerprint density at radius 1 is 1.50 bits per heavy atom. The second-order valence-electron chi connectivity index (χ2n) is 5.25. The van der Waals surface area contributed by atoms with Gasteiger partial charge in [0.05, 0.1) is 0 Å². The molecule has 0 bridgehead atoms. The molecule has 2 atom stereocenters. The molecule has 1 amide bonds. The molecule has 0 saturated heterocycles. The fourth-order valence-electron chi connectivity index (χ4n) is 2.67. The molecule has 20 heavy (non-hydrogen) atoms. The van der Waals surface area contributed by atoms with Crippen LogP contribution in [0.3, 0.4) is 0 Å². The van der Waals surface area contributed by atoms with Crippen LogP contribution in [0.5, 0.6) is 5.75 Å². The predicted octanol–water partition coefficient (Wildman–Crippen LogP) is 2.19. The summed E-state index contributed by atoms with van der Waals surface area (Å²) in [5.74, 6) is 0.798. The summed E-state index contributed by atoms with van der Waals surface area (Å²) < 4.78 is 5.87.